The van der Waals surface area contributed by atoms with Crippen LogP contribution in [0.2, 0.25) is 0 Å². The Kier molecular flexibility index (Phi) is 5.68. The Morgan fingerprint density at radius 1 is 1.11 bits per heavy atom. The van der Waals surface area contributed by atoms with Crippen molar-refractivity contribution in [3.05, 3.63) is 35.4 Å². The molecule has 2 aliphatic heterocycles. The van der Waals surface area contributed by atoms with Gasteiger partial charge < -0.3 is 9.80 Å². The summed E-state index contributed by atoms with van der Waals surface area (Å²) in [6.07, 6.45) is 2.63. The summed E-state index contributed by atoms with van der Waals surface area (Å²) >= 11 is 0. The predicted molar refractivity (Wildman–Crippen MR) is 104 cm³/mol. The summed E-state index contributed by atoms with van der Waals surface area (Å²) in [7, 11) is 0. The van der Waals surface area contributed by atoms with E-state index < -0.39 is 11.3 Å². The van der Waals surface area contributed by atoms with Gasteiger partial charge in [-0.15, -0.1) is 0 Å². The number of piperidine rings is 1. The molecule has 2 aliphatic rings. The van der Waals surface area contributed by atoms with Gasteiger partial charge in [0.2, 0.25) is 11.7 Å². The molecule has 2 heterocycles. The van der Waals surface area contributed by atoms with Crippen LogP contribution < -0.4 is 0 Å². The fourth-order valence-electron chi connectivity index (χ4n) is 4.28. The molecular formula is C22H30N2O3. The van der Waals surface area contributed by atoms with Gasteiger partial charge in [-0.1, -0.05) is 45.0 Å². The van der Waals surface area contributed by atoms with Crippen LogP contribution >= 0.6 is 0 Å². The first kappa shape index (κ1) is 19.6. The highest BCUT2D eigenvalue weighted by Crippen LogP contribution is 2.40. The first-order chi connectivity index (χ1) is 12.9. The number of nitrogens with zero attached hydrogens (tertiary/aromatic N) is 2. The number of likely N-dealkylation sites (tertiary alicyclic amines) is 2. The fourth-order valence-corrected chi connectivity index (χ4v) is 4.28. The van der Waals surface area contributed by atoms with Crippen LogP contribution in [0.4, 0.5) is 0 Å². The molecule has 0 aromatic heterocycles. The van der Waals surface area contributed by atoms with Crippen molar-refractivity contribution in [2.24, 2.45) is 5.41 Å². The van der Waals surface area contributed by atoms with Gasteiger partial charge in [0.05, 0.1) is 5.41 Å². The molecule has 1 aromatic carbocycles. The van der Waals surface area contributed by atoms with Crippen LogP contribution in [0.1, 0.15) is 63.5 Å². The summed E-state index contributed by atoms with van der Waals surface area (Å²) in [6.45, 7) is 8.30. The monoisotopic (exact) mass is 370 g/mol. The molecule has 5 nitrogen and oxygen atoms in total. The lowest BCUT2D eigenvalue weighted by Gasteiger charge is -2.39. The van der Waals surface area contributed by atoms with Gasteiger partial charge in [-0.05, 0) is 36.3 Å². The Labute approximate surface area is 161 Å². The van der Waals surface area contributed by atoms with Crippen LogP contribution in [-0.2, 0) is 20.9 Å². The molecule has 3 rings (SSSR count). The maximum atomic E-state index is 13.2. The van der Waals surface area contributed by atoms with E-state index in [0.717, 1.165) is 24.9 Å². The highest BCUT2D eigenvalue weighted by atomic mass is 16.2. The van der Waals surface area contributed by atoms with Crippen molar-refractivity contribution >= 4 is 17.6 Å². The van der Waals surface area contributed by atoms with E-state index in [0.29, 0.717) is 32.0 Å². The van der Waals surface area contributed by atoms with Crippen LogP contribution in [-0.4, -0.2) is 47.0 Å². The van der Waals surface area contributed by atoms with Crippen LogP contribution in [0.3, 0.4) is 0 Å². The van der Waals surface area contributed by atoms with Gasteiger partial charge >= 0.3 is 0 Å². The zero-order valence-electron chi connectivity index (χ0n) is 16.7. The van der Waals surface area contributed by atoms with E-state index in [1.165, 1.54) is 5.56 Å². The number of hydrogen-bond donors (Lipinski definition) is 0. The minimum absolute atomic E-state index is 0.140. The Morgan fingerprint density at radius 2 is 1.81 bits per heavy atom. The average Bonchev–Trinajstić information content (AvgIpc) is 3.09. The van der Waals surface area contributed by atoms with E-state index >= 15 is 0 Å². The van der Waals surface area contributed by atoms with Gasteiger partial charge in [0, 0.05) is 32.6 Å². The van der Waals surface area contributed by atoms with Crippen LogP contribution in [0.25, 0.3) is 0 Å². The van der Waals surface area contributed by atoms with Gasteiger partial charge in [0.25, 0.3) is 5.91 Å². The number of ketones is 1. The minimum atomic E-state index is -0.500. The summed E-state index contributed by atoms with van der Waals surface area (Å²) in [5, 5.41) is 0. The molecule has 146 valence electrons. The Balaban J connectivity index is 1.69. The van der Waals surface area contributed by atoms with Crippen LogP contribution in [0, 0.1) is 5.41 Å². The van der Waals surface area contributed by atoms with Gasteiger partial charge in [0.15, 0.2) is 0 Å². The molecule has 0 radical (unpaired) electrons. The second-order valence-electron chi connectivity index (χ2n) is 8.26. The third kappa shape index (κ3) is 3.92. The molecule has 0 saturated carbocycles. The number of amides is 2. The highest BCUT2D eigenvalue weighted by Gasteiger charge is 2.49. The Hall–Kier alpha value is -2.17. The van der Waals surface area contributed by atoms with Crippen LogP contribution in [0.5, 0.6) is 0 Å². The maximum absolute atomic E-state index is 13.2. The summed E-state index contributed by atoms with van der Waals surface area (Å²) in [5.41, 5.74) is 1.93. The molecule has 5 heteroatoms. The fraction of sp³-hybridized carbons (Fsp3) is 0.591. The van der Waals surface area contributed by atoms with Gasteiger partial charge in [0.1, 0.15) is 0 Å². The zero-order valence-corrected chi connectivity index (χ0v) is 16.7. The Morgan fingerprint density at radius 3 is 2.44 bits per heavy atom. The highest BCUT2D eigenvalue weighted by molar-refractivity contribution is 6.36. The summed E-state index contributed by atoms with van der Waals surface area (Å²) < 4.78 is 0. The molecule has 1 atom stereocenters. The van der Waals surface area contributed by atoms with Crippen molar-refractivity contribution in [2.45, 2.75) is 58.9 Å². The van der Waals surface area contributed by atoms with E-state index in [-0.39, 0.29) is 18.1 Å². The molecule has 0 unspecified atom stereocenters. The third-order valence-corrected chi connectivity index (χ3v) is 6.04. The first-order valence-corrected chi connectivity index (χ1v) is 10.1. The molecule has 0 bridgehead atoms. The molecule has 2 saturated heterocycles. The van der Waals surface area contributed by atoms with E-state index in [4.69, 9.17) is 0 Å². The van der Waals surface area contributed by atoms with E-state index in [2.05, 4.69) is 38.1 Å². The van der Waals surface area contributed by atoms with Crippen molar-refractivity contribution in [2.75, 3.05) is 19.6 Å². The number of Topliss-reactive ketones (excluding diaryl/α,β-unsaturated/α-hetero) is 1. The maximum Gasteiger partial charge on any atom is 0.289 e. The molecule has 0 aliphatic carbocycles. The summed E-state index contributed by atoms with van der Waals surface area (Å²) in [6, 6.07) is 8.48. The van der Waals surface area contributed by atoms with Gasteiger partial charge in [-0.2, -0.15) is 0 Å². The second-order valence-corrected chi connectivity index (χ2v) is 8.26. The van der Waals surface area contributed by atoms with E-state index in [1.807, 2.05) is 4.90 Å². The first-order valence-electron chi connectivity index (χ1n) is 10.1. The average molecular weight is 370 g/mol. The lowest BCUT2D eigenvalue weighted by molar-refractivity contribution is -0.148. The van der Waals surface area contributed by atoms with Gasteiger partial charge in [-0.25, -0.2) is 0 Å². The largest absolute Gasteiger partial charge is 0.338 e. The molecule has 1 aromatic rings. The lowest BCUT2D eigenvalue weighted by atomic mass is 9.78. The molecule has 0 N–H and O–H groups in total. The number of carbonyl (C=O) groups is 3. The number of carbonyl (C=O) groups excluding carboxylic acids is 3. The van der Waals surface area contributed by atoms with Crippen molar-refractivity contribution in [1.29, 1.82) is 0 Å². The topological polar surface area (TPSA) is 57.7 Å². The second kappa shape index (κ2) is 7.83. The molecule has 2 amide bonds. The van der Waals surface area contributed by atoms with Crippen molar-refractivity contribution in [3.63, 3.8) is 0 Å². The van der Waals surface area contributed by atoms with Crippen molar-refractivity contribution in [3.8, 4) is 0 Å². The predicted octanol–water partition coefficient (Wildman–Crippen LogP) is 3.13. The number of hydrogen-bond acceptors (Lipinski definition) is 3. The normalized spacial score (nSPS) is 22.7. The standard InChI is InChI=1S/C22H30N2O3/c1-4-19(25)20(26)24-13-11-22(15-24)10-5-12-23(21(22)27)14-17-6-8-18(9-7-17)16(2)3/h6-9,16H,4-5,10-15H2,1-3H3/t22-/m1/s1. The van der Waals surface area contributed by atoms with Crippen LogP contribution in [0.15, 0.2) is 24.3 Å². The minimum Gasteiger partial charge on any atom is -0.338 e. The van der Waals surface area contributed by atoms with E-state index in [9.17, 15) is 14.4 Å². The quantitative estimate of drug-likeness (QED) is 0.748. The lowest BCUT2D eigenvalue weighted by Crippen LogP contribution is -2.50. The molecular weight excluding hydrogens is 340 g/mol. The molecule has 2 fully saturated rings. The number of benzene rings is 1. The SMILES string of the molecule is CCC(=O)C(=O)N1CC[C@]2(CCCN(Cc3ccc(C(C)C)cc3)C2=O)C1. The summed E-state index contributed by atoms with van der Waals surface area (Å²) in [5.74, 6) is -0.159. The summed E-state index contributed by atoms with van der Waals surface area (Å²) in [4.78, 5) is 40.7. The van der Waals surface area contributed by atoms with Crippen molar-refractivity contribution < 1.29 is 14.4 Å². The Bertz CT molecular complexity index is 726. The number of rotatable bonds is 5. The van der Waals surface area contributed by atoms with E-state index in [1.54, 1.807) is 11.8 Å². The zero-order chi connectivity index (χ0) is 19.6. The van der Waals surface area contributed by atoms with Crippen molar-refractivity contribution in [1.82, 2.24) is 9.80 Å². The molecule has 1 spiro atoms. The smallest absolute Gasteiger partial charge is 0.289 e. The third-order valence-electron chi connectivity index (χ3n) is 6.04. The van der Waals surface area contributed by atoms with Gasteiger partial charge in [-0.3, -0.25) is 14.4 Å². The molecule has 27 heavy (non-hydrogen) atoms.